The van der Waals surface area contributed by atoms with Crippen LogP contribution in [0.25, 0.3) is 11.1 Å². The minimum absolute atomic E-state index is 0.190. The Labute approximate surface area is 258 Å². The number of nitrogens with zero attached hydrogens (tertiary/aromatic N) is 1. The van der Waals surface area contributed by atoms with Gasteiger partial charge in [-0.15, -0.1) is 0 Å². The van der Waals surface area contributed by atoms with Gasteiger partial charge in [0, 0.05) is 24.3 Å². The molecule has 0 aromatic heterocycles. The van der Waals surface area contributed by atoms with Crippen molar-refractivity contribution in [2.75, 3.05) is 11.9 Å². The quantitative estimate of drug-likeness (QED) is 0.191. The summed E-state index contributed by atoms with van der Waals surface area (Å²) in [7, 11) is 2.25. The number of para-hydroxylation sites is 1. The first kappa shape index (κ1) is 27.8. The van der Waals surface area contributed by atoms with E-state index in [1.54, 1.807) is 0 Å². The van der Waals surface area contributed by atoms with Crippen LogP contribution in [-0.2, 0) is 0 Å². The second-order valence-electron chi connectivity index (χ2n) is 13.6. The minimum Gasteiger partial charge on any atom is -0.345 e. The molecule has 43 heavy (non-hydrogen) atoms. The van der Waals surface area contributed by atoms with E-state index in [0.29, 0.717) is 17.8 Å². The maximum absolute atomic E-state index is 2.51. The Morgan fingerprint density at radius 3 is 1.67 bits per heavy atom. The smallest absolute Gasteiger partial charge is 0.247 e. The molecule has 1 heterocycles. The molecule has 0 unspecified atom stereocenters. The van der Waals surface area contributed by atoms with Gasteiger partial charge >= 0.3 is 0 Å². The van der Waals surface area contributed by atoms with E-state index in [9.17, 15) is 0 Å². The third-order valence-electron chi connectivity index (χ3n) is 9.97. The first-order chi connectivity index (χ1) is 20.8. The van der Waals surface area contributed by atoms with Gasteiger partial charge in [0.1, 0.15) is 0 Å². The Morgan fingerprint density at radius 1 is 0.558 bits per heavy atom. The zero-order valence-electron chi connectivity index (χ0n) is 26.6. The van der Waals surface area contributed by atoms with Crippen molar-refractivity contribution < 1.29 is 0 Å². The zero-order valence-corrected chi connectivity index (χ0v) is 26.6. The van der Waals surface area contributed by atoms with E-state index >= 15 is 0 Å². The third kappa shape index (κ3) is 4.37. The number of hydrogen-bond donors (Lipinski definition) is 0. The molecule has 0 atom stereocenters. The van der Waals surface area contributed by atoms with Crippen LogP contribution >= 0.6 is 0 Å². The number of anilines is 2. The van der Waals surface area contributed by atoms with E-state index in [1.165, 1.54) is 72.3 Å². The van der Waals surface area contributed by atoms with Gasteiger partial charge < -0.3 is 4.90 Å². The number of fused-ring (bicyclic) bond motifs is 5. The highest BCUT2D eigenvalue weighted by Gasteiger charge is 2.38. The predicted molar refractivity (Wildman–Crippen MR) is 187 cm³/mol. The summed E-state index contributed by atoms with van der Waals surface area (Å²) < 4.78 is 0. The molecule has 0 bridgehead atoms. The number of rotatable bonds is 5. The lowest BCUT2D eigenvalue weighted by molar-refractivity contribution is 0.812. The molecule has 1 aliphatic carbocycles. The Morgan fingerprint density at radius 2 is 1.09 bits per heavy atom. The molecule has 0 saturated heterocycles. The maximum Gasteiger partial charge on any atom is 0.247 e. The van der Waals surface area contributed by atoms with Crippen LogP contribution in [0.5, 0.6) is 0 Å². The summed E-state index contributed by atoms with van der Waals surface area (Å²) >= 11 is 0. The van der Waals surface area contributed by atoms with E-state index in [4.69, 9.17) is 0 Å². The molecule has 0 radical (unpaired) electrons. The van der Waals surface area contributed by atoms with E-state index in [2.05, 4.69) is 157 Å². The van der Waals surface area contributed by atoms with Crippen molar-refractivity contribution in [1.82, 2.24) is 0 Å². The molecular formula is C41H42BN. The summed E-state index contributed by atoms with van der Waals surface area (Å²) in [4.78, 5) is 2.43. The third-order valence-corrected chi connectivity index (χ3v) is 9.97. The molecule has 0 amide bonds. The molecule has 2 aliphatic rings. The van der Waals surface area contributed by atoms with E-state index in [-0.39, 0.29) is 12.6 Å². The molecule has 0 fully saturated rings. The summed E-state index contributed by atoms with van der Waals surface area (Å²) in [5.74, 6) is 1.62. The van der Waals surface area contributed by atoms with Gasteiger partial charge in [-0.1, -0.05) is 138 Å². The highest BCUT2D eigenvalue weighted by molar-refractivity contribution is 6.98. The van der Waals surface area contributed by atoms with Crippen LogP contribution < -0.4 is 21.3 Å². The fraction of sp³-hybridized carbons (Fsp3) is 0.268. The second-order valence-corrected chi connectivity index (χ2v) is 13.6. The monoisotopic (exact) mass is 559 g/mol. The van der Waals surface area contributed by atoms with Crippen LogP contribution in [0.15, 0.2) is 103 Å². The van der Waals surface area contributed by atoms with E-state index < -0.39 is 0 Å². The molecular weight excluding hydrogens is 517 g/mol. The minimum atomic E-state index is 0.190. The first-order valence-corrected chi connectivity index (χ1v) is 16.1. The van der Waals surface area contributed by atoms with Gasteiger partial charge in [-0.25, -0.2) is 0 Å². The average molecular weight is 560 g/mol. The van der Waals surface area contributed by atoms with Gasteiger partial charge in [0.15, 0.2) is 0 Å². The van der Waals surface area contributed by atoms with Crippen molar-refractivity contribution in [2.45, 2.75) is 65.2 Å². The van der Waals surface area contributed by atoms with Crippen molar-refractivity contribution in [3.63, 3.8) is 0 Å². The van der Waals surface area contributed by atoms with Crippen molar-refractivity contribution in [3.8, 4) is 11.1 Å². The van der Waals surface area contributed by atoms with Gasteiger partial charge in [-0.05, 0) is 85.3 Å². The van der Waals surface area contributed by atoms with Gasteiger partial charge in [-0.2, -0.15) is 0 Å². The summed E-state index contributed by atoms with van der Waals surface area (Å²) in [6.45, 7) is 14.3. The number of benzene rings is 5. The van der Waals surface area contributed by atoms with Crippen LogP contribution in [0.1, 0.15) is 98.6 Å². The molecule has 1 nitrogen and oxygen atoms in total. The number of hydrogen-bond acceptors (Lipinski definition) is 1. The molecule has 7 rings (SSSR count). The highest BCUT2D eigenvalue weighted by Crippen LogP contribution is 2.48. The first-order valence-electron chi connectivity index (χ1n) is 16.1. The van der Waals surface area contributed by atoms with Crippen LogP contribution in [0.3, 0.4) is 0 Å². The molecule has 0 saturated carbocycles. The van der Waals surface area contributed by atoms with Gasteiger partial charge in [-0.3, -0.25) is 0 Å². The topological polar surface area (TPSA) is 3.24 Å². The largest absolute Gasteiger partial charge is 0.345 e. The maximum atomic E-state index is 2.51. The summed E-state index contributed by atoms with van der Waals surface area (Å²) in [5.41, 5.74) is 18.3. The fourth-order valence-corrected chi connectivity index (χ4v) is 7.78. The lowest BCUT2D eigenvalue weighted by Gasteiger charge is -2.37. The zero-order chi connectivity index (χ0) is 30.0. The fourth-order valence-electron chi connectivity index (χ4n) is 7.78. The lowest BCUT2D eigenvalue weighted by atomic mass is 9.33. The SMILES string of the molecule is CC(C)c1cc(C(C)C)c(B2c3ccccc3N(C)c3cc(C4c5ccccc5-c5ccccc54)ccc32)c(C(C)C)c1. The molecule has 0 N–H and O–H groups in total. The van der Waals surface area contributed by atoms with Crippen LogP contribution in [0.2, 0.25) is 0 Å². The van der Waals surface area contributed by atoms with E-state index in [0.717, 1.165) is 0 Å². The summed E-state index contributed by atoms with van der Waals surface area (Å²) in [6, 6.07) is 39.4. The predicted octanol–water partition coefficient (Wildman–Crippen LogP) is 8.81. The summed E-state index contributed by atoms with van der Waals surface area (Å²) in [5, 5.41) is 0. The Balaban J connectivity index is 1.48. The van der Waals surface area contributed by atoms with Crippen molar-refractivity contribution >= 4 is 34.5 Å². The molecule has 0 spiro atoms. The van der Waals surface area contributed by atoms with Gasteiger partial charge in [0.2, 0.25) is 6.71 Å². The second kappa shape index (κ2) is 10.6. The normalized spacial score (nSPS) is 13.9. The van der Waals surface area contributed by atoms with Crippen LogP contribution in [-0.4, -0.2) is 13.8 Å². The molecule has 2 heteroatoms. The molecule has 214 valence electrons. The van der Waals surface area contributed by atoms with Crippen LogP contribution in [0.4, 0.5) is 11.4 Å². The molecule has 5 aromatic carbocycles. The standard InChI is InChI=1S/C41H42BN/c1-25(2)29-22-34(26(3)4)41(35(23-29)27(5)6)42-36-18-12-13-19-38(36)43(7)39-24-28(20-21-37(39)42)40-32-16-10-8-14-30(32)31-15-9-11-17-33(31)40/h8-27,40H,1-7H3. The molecule has 1 aliphatic heterocycles. The van der Waals surface area contributed by atoms with Crippen molar-refractivity contribution in [2.24, 2.45) is 0 Å². The van der Waals surface area contributed by atoms with Crippen LogP contribution in [0, 0.1) is 0 Å². The lowest BCUT2D eigenvalue weighted by Crippen LogP contribution is -2.59. The van der Waals surface area contributed by atoms with Crippen molar-refractivity contribution in [1.29, 1.82) is 0 Å². The average Bonchev–Trinajstić information content (AvgIpc) is 3.35. The van der Waals surface area contributed by atoms with Crippen molar-refractivity contribution in [3.05, 3.63) is 137 Å². The van der Waals surface area contributed by atoms with Gasteiger partial charge in [0.05, 0.1) is 0 Å². The highest BCUT2D eigenvalue weighted by atomic mass is 15.1. The Kier molecular flexibility index (Phi) is 6.85. The van der Waals surface area contributed by atoms with Gasteiger partial charge in [0.25, 0.3) is 0 Å². The Bertz CT molecular complexity index is 1770. The van der Waals surface area contributed by atoms with E-state index in [1.807, 2.05) is 0 Å². The summed E-state index contributed by atoms with van der Waals surface area (Å²) in [6.07, 6.45) is 0. The Hall–Kier alpha value is -4.04. The molecule has 5 aromatic rings.